The smallest absolute Gasteiger partial charge is 0.410 e. The van der Waals surface area contributed by atoms with Crippen molar-refractivity contribution in [2.45, 2.75) is 98.9 Å². The van der Waals surface area contributed by atoms with E-state index in [9.17, 15) is 14.4 Å². The number of aryl methyl sites for hydroxylation is 1. The van der Waals surface area contributed by atoms with E-state index < -0.39 is 29.0 Å². The van der Waals surface area contributed by atoms with Crippen molar-refractivity contribution in [3.63, 3.8) is 0 Å². The van der Waals surface area contributed by atoms with Gasteiger partial charge in [0.25, 0.3) is 0 Å². The van der Waals surface area contributed by atoms with Crippen LogP contribution in [0.25, 0.3) is 11.0 Å². The van der Waals surface area contributed by atoms with Crippen LogP contribution < -0.4 is 16.8 Å². The van der Waals surface area contributed by atoms with E-state index in [0.717, 1.165) is 23.9 Å². The van der Waals surface area contributed by atoms with Gasteiger partial charge in [-0.3, -0.25) is 0 Å². The molecule has 4 aromatic rings. The fraction of sp³-hybridized carbons (Fsp3) is 0.435. The number of ether oxygens (including phenoxy) is 3. The number of carbonyl (C=O) groups excluding carboxylic acids is 3. The lowest BCUT2D eigenvalue weighted by molar-refractivity contribution is 0.0310. The third kappa shape index (κ3) is 28.8. The fourth-order valence-corrected chi connectivity index (χ4v) is 4.91. The van der Waals surface area contributed by atoms with Crippen molar-refractivity contribution in [2.75, 3.05) is 45.2 Å². The van der Waals surface area contributed by atoms with Gasteiger partial charge in [-0.15, -0.1) is 12.8 Å². The monoisotopic (exact) mass is 1020 g/mol. The number of hydrogen-bond donors (Lipinski definition) is 4. The molecular weight excluding hydrogens is 961 g/mol. The molecule has 0 aromatic carbocycles. The Labute approximate surface area is 407 Å². The van der Waals surface area contributed by atoms with Crippen molar-refractivity contribution in [1.82, 2.24) is 35.1 Å². The Hall–Kier alpha value is -5.57. The van der Waals surface area contributed by atoms with Gasteiger partial charge in [-0.25, -0.2) is 29.3 Å². The Bertz CT molecular complexity index is 2300. The minimum Gasteiger partial charge on any atom is -0.444 e. The highest BCUT2D eigenvalue weighted by atomic mass is 79.9. The van der Waals surface area contributed by atoms with E-state index in [-0.39, 0.29) is 25.7 Å². The van der Waals surface area contributed by atoms with Crippen molar-refractivity contribution >= 4 is 91.4 Å². The lowest BCUT2D eigenvalue weighted by Crippen LogP contribution is -2.34. The van der Waals surface area contributed by atoms with Crippen molar-refractivity contribution in [1.29, 1.82) is 0 Å². The first kappa shape index (κ1) is 59.4. The number of anilines is 2. The Morgan fingerprint density at radius 2 is 1.25 bits per heavy atom. The summed E-state index contributed by atoms with van der Waals surface area (Å²) >= 11 is 20.2. The Kier molecular flexibility index (Phi) is 26.6. The maximum absolute atomic E-state index is 11.7. The summed E-state index contributed by atoms with van der Waals surface area (Å²) in [6, 6.07) is 12.4. The number of nitrogens with two attached hydrogens (primary N) is 2. The maximum Gasteiger partial charge on any atom is 0.410 e. The molecule has 0 aliphatic rings. The minimum absolute atomic E-state index is 0.203. The van der Waals surface area contributed by atoms with Crippen LogP contribution in [0, 0.1) is 36.5 Å². The molecule has 0 aliphatic heterocycles. The predicted molar refractivity (Wildman–Crippen MR) is 267 cm³/mol. The van der Waals surface area contributed by atoms with Crippen molar-refractivity contribution in [3.05, 3.63) is 73.9 Å². The fourth-order valence-electron chi connectivity index (χ4n) is 4.04. The highest BCUT2D eigenvalue weighted by molar-refractivity contribution is 9.10. The maximum atomic E-state index is 11.7. The molecule has 0 spiro atoms. The largest absolute Gasteiger partial charge is 0.444 e. The van der Waals surface area contributed by atoms with Gasteiger partial charge >= 0.3 is 18.3 Å². The first-order chi connectivity index (χ1) is 30.0. The number of aromatic amines is 1. The SMILES string of the molecule is C#CCN(C)C(=O)OC(C)(C)C.C#CCNC(=O)OC(C)(C)C.CCCc1cc2nc(Cl)ccc2[nH]1.CN(CC#Cc1nc(Cl)ccc1N)C(=O)OC(C)(C)C.Nc1ccc(Cl)nc1Br. The van der Waals surface area contributed by atoms with E-state index in [2.05, 4.69) is 77.9 Å². The predicted octanol–water partition coefficient (Wildman–Crippen LogP) is 10.4. The highest BCUT2D eigenvalue weighted by Crippen LogP contribution is 2.19. The van der Waals surface area contributed by atoms with E-state index in [1.807, 2.05) is 26.8 Å². The molecule has 4 rings (SSSR count). The van der Waals surface area contributed by atoms with Crippen LogP contribution in [0.2, 0.25) is 15.5 Å². The molecule has 19 heteroatoms. The number of H-pyrrole nitrogens is 1. The number of terminal acetylenes is 2. The van der Waals surface area contributed by atoms with Gasteiger partial charge in [0.05, 0.1) is 42.0 Å². The molecule has 15 nitrogen and oxygen atoms in total. The quantitative estimate of drug-likeness (QED) is 0.0841. The van der Waals surface area contributed by atoms with E-state index in [0.29, 0.717) is 37.1 Å². The van der Waals surface area contributed by atoms with Crippen LogP contribution in [0.15, 0.2) is 47.1 Å². The number of nitrogens with zero attached hydrogens (tertiary/aromatic N) is 5. The van der Waals surface area contributed by atoms with Crippen molar-refractivity contribution < 1.29 is 28.6 Å². The Morgan fingerprint density at radius 1 is 0.754 bits per heavy atom. The van der Waals surface area contributed by atoms with E-state index in [1.165, 1.54) is 15.5 Å². The second-order valence-electron chi connectivity index (χ2n) is 16.4. The molecule has 0 fully saturated rings. The second-order valence-corrected chi connectivity index (χ2v) is 18.3. The van der Waals surface area contributed by atoms with Gasteiger partial charge < -0.3 is 45.8 Å². The van der Waals surface area contributed by atoms with Crippen LogP contribution >= 0.6 is 50.7 Å². The molecule has 0 saturated heterocycles. The van der Waals surface area contributed by atoms with Crippen LogP contribution in [0.4, 0.5) is 25.8 Å². The van der Waals surface area contributed by atoms with Crippen molar-refractivity contribution in [2.24, 2.45) is 0 Å². The van der Waals surface area contributed by atoms with Gasteiger partial charge in [-0.2, -0.15) is 0 Å². The first-order valence-electron chi connectivity index (χ1n) is 19.8. The number of rotatable bonds is 5. The van der Waals surface area contributed by atoms with Crippen LogP contribution in [0.1, 0.15) is 87.0 Å². The average molecular weight is 1020 g/mol. The van der Waals surface area contributed by atoms with Gasteiger partial charge in [-0.05, 0) is 133 Å². The van der Waals surface area contributed by atoms with E-state index in [4.69, 9.17) is 73.3 Å². The minimum atomic E-state index is -0.530. The third-order valence-electron chi connectivity index (χ3n) is 6.75. The number of fused-ring (bicyclic) bond motifs is 1. The topological polar surface area (TPSA) is 204 Å². The third-order valence-corrected chi connectivity index (χ3v) is 8.01. The molecule has 0 saturated carbocycles. The zero-order valence-electron chi connectivity index (χ0n) is 39.1. The molecule has 0 bridgehead atoms. The normalized spacial score (nSPS) is 10.3. The lowest BCUT2D eigenvalue weighted by atomic mass is 10.2. The Balaban J connectivity index is 0.000000811. The number of aromatic nitrogens is 4. The summed E-state index contributed by atoms with van der Waals surface area (Å²) in [5.41, 5.74) is 14.4. The molecule has 3 amide bonds. The van der Waals surface area contributed by atoms with Gasteiger partial charge in [0.1, 0.15) is 42.6 Å². The number of amides is 3. The van der Waals surface area contributed by atoms with Gasteiger partial charge in [0.2, 0.25) is 0 Å². The number of nitrogens with one attached hydrogen (secondary N) is 2. The lowest BCUT2D eigenvalue weighted by Gasteiger charge is -2.23. The molecule has 354 valence electrons. The van der Waals surface area contributed by atoms with Crippen molar-refractivity contribution in [3.8, 4) is 36.5 Å². The second kappa shape index (κ2) is 29.1. The van der Waals surface area contributed by atoms with Crippen LogP contribution in [0.3, 0.4) is 0 Å². The van der Waals surface area contributed by atoms with Gasteiger partial charge in [0.15, 0.2) is 0 Å². The summed E-state index contributed by atoms with van der Waals surface area (Å²) in [7, 11) is 3.21. The van der Waals surface area contributed by atoms with E-state index in [1.54, 1.807) is 86.0 Å². The first-order valence-corrected chi connectivity index (χ1v) is 21.8. The molecule has 4 heterocycles. The zero-order valence-corrected chi connectivity index (χ0v) is 42.9. The molecule has 0 unspecified atom stereocenters. The van der Waals surface area contributed by atoms with E-state index >= 15 is 0 Å². The molecular formula is C46H61BrCl3N9O6. The van der Waals surface area contributed by atoms with Crippen LogP contribution in [-0.2, 0) is 20.6 Å². The number of hydrogen-bond acceptors (Lipinski definition) is 11. The number of carbonyl (C=O) groups is 3. The Morgan fingerprint density at radius 3 is 1.72 bits per heavy atom. The van der Waals surface area contributed by atoms with Gasteiger partial charge in [0, 0.05) is 19.8 Å². The summed E-state index contributed by atoms with van der Waals surface area (Å²) in [5, 5.41) is 3.71. The highest BCUT2D eigenvalue weighted by Gasteiger charge is 2.20. The number of halogens is 4. The number of pyridine rings is 3. The standard InChI is InChI=1S/C14H18ClN3O2.C10H11ClN2.C9H15NO2.C8H13NO2.C5H4BrClN2/c1-14(2,3)20-13(19)18(4)9-5-6-11-10(16)7-8-12(15)17-11;1-2-3-7-6-9-8(12-7)4-5-10(11)13-9;1-6-7-10(5)8(11)12-9(2,3)4;1-5-6-9-7(10)11-8(2,3)4;6-5-3(8)1-2-4(7)9-5/h7-8H,9,16H2,1-4H3;4-6,12H,2-3H2,1H3;1H,7H2,2-5H3;1H,6H2,2-4H3,(H,9,10);1-2H,8H2. The summed E-state index contributed by atoms with van der Waals surface area (Å²) in [5.74, 6) is 10.2. The van der Waals surface area contributed by atoms with Crippen LogP contribution in [0.5, 0.6) is 0 Å². The summed E-state index contributed by atoms with van der Waals surface area (Å²) < 4.78 is 15.7. The summed E-state index contributed by atoms with van der Waals surface area (Å²) in [4.78, 5) is 51.7. The number of nitrogen functional groups attached to an aromatic ring is 2. The molecule has 65 heavy (non-hydrogen) atoms. The molecule has 4 aromatic heterocycles. The molecule has 0 aliphatic carbocycles. The number of alkyl carbamates (subject to hydrolysis) is 1. The summed E-state index contributed by atoms with van der Waals surface area (Å²) in [6.07, 6.45) is 10.9. The average Bonchev–Trinajstić information content (AvgIpc) is 3.57. The molecule has 6 N–H and O–H groups in total. The van der Waals surface area contributed by atoms with Gasteiger partial charge in [-0.1, -0.05) is 65.9 Å². The van der Waals surface area contributed by atoms with Crippen LogP contribution in [-0.4, -0.2) is 98.5 Å². The molecule has 0 radical (unpaired) electrons. The summed E-state index contributed by atoms with van der Waals surface area (Å²) in [6.45, 7) is 19.1. The zero-order chi connectivity index (χ0) is 50.1. The molecule has 0 atom stereocenters.